The Bertz CT molecular complexity index is 936. The molecule has 3 atom stereocenters. The number of fused-ring (bicyclic) bond motifs is 1. The summed E-state index contributed by atoms with van der Waals surface area (Å²) in [6, 6.07) is 9.51. The second-order valence-corrected chi connectivity index (χ2v) is 8.12. The van der Waals surface area contributed by atoms with E-state index in [1.165, 1.54) is 0 Å². The monoisotopic (exact) mass is 391 g/mol. The minimum atomic E-state index is -0.350. The average molecular weight is 391 g/mol. The summed E-state index contributed by atoms with van der Waals surface area (Å²) in [5, 5.41) is 0. The Morgan fingerprint density at radius 1 is 1.07 bits per heavy atom. The molecule has 0 saturated heterocycles. The first-order valence-electron chi connectivity index (χ1n) is 10.5. The van der Waals surface area contributed by atoms with Crippen LogP contribution in [0, 0.1) is 5.92 Å². The molecule has 3 aliphatic rings. The van der Waals surface area contributed by atoms with Gasteiger partial charge in [0.1, 0.15) is 6.10 Å². The van der Waals surface area contributed by atoms with Crippen LogP contribution in [0.4, 0.5) is 0 Å². The fourth-order valence-electron chi connectivity index (χ4n) is 4.95. The topological polar surface area (TPSA) is 64.4 Å². The van der Waals surface area contributed by atoms with E-state index in [-0.39, 0.29) is 29.8 Å². The van der Waals surface area contributed by atoms with Crippen molar-refractivity contribution in [1.82, 2.24) is 14.5 Å². The fourth-order valence-corrected chi connectivity index (χ4v) is 4.95. The van der Waals surface area contributed by atoms with E-state index in [9.17, 15) is 9.59 Å². The first-order valence-corrected chi connectivity index (χ1v) is 10.5. The van der Waals surface area contributed by atoms with Gasteiger partial charge in [0.2, 0.25) is 0 Å². The molecule has 1 saturated carbocycles. The Balaban J connectivity index is 1.46. The maximum atomic E-state index is 13.4. The summed E-state index contributed by atoms with van der Waals surface area (Å²) < 4.78 is 8.19. The molecule has 6 heteroatoms. The summed E-state index contributed by atoms with van der Waals surface area (Å²) >= 11 is 0. The molecular formula is C23H25N3O3. The lowest BCUT2D eigenvalue weighted by Gasteiger charge is -2.35. The molecule has 0 spiro atoms. The molecular weight excluding hydrogens is 366 g/mol. The van der Waals surface area contributed by atoms with E-state index in [1.807, 2.05) is 46.0 Å². The second kappa shape index (κ2) is 7.50. The number of aromatic nitrogens is 2. The fraction of sp³-hybridized carbons (Fsp3) is 0.435. The molecule has 3 heterocycles. The van der Waals surface area contributed by atoms with Crippen molar-refractivity contribution in [3.63, 3.8) is 0 Å². The predicted octanol–water partition coefficient (Wildman–Crippen LogP) is 3.27. The Morgan fingerprint density at radius 3 is 2.69 bits per heavy atom. The number of carbonyl (C=O) groups excluding carboxylic acids is 2. The average Bonchev–Trinajstić information content (AvgIpc) is 3.37. The van der Waals surface area contributed by atoms with Crippen molar-refractivity contribution in [3.8, 4) is 0 Å². The van der Waals surface area contributed by atoms with Crippen molar-refractivity contribution in [2.45, 2.75) is 50.8 Å². The molecule has 5 rings (SSSR count). The zero-order valence-corrected chi connectivity index (χ0v) is 16.4. The van der Waals surface area contributed by atoms with Crippen LogP contribution in [-0.4, -0.2) is 38.8 Å². The van der Waals surface area contributed by atoms with Crippen molar-refractivity contribution < 1.29 is 14.3 Å². The summed E-state index contributed by atoms with van der Waals surface area (Å²) in [4.78, 5) is 32.7. The molecule has 1 amide bonds. The van der Waals surface area contributed by atoms with Crippen LogP contribution in [0.1, 0.15) is 43.7 Å². The summed E-state index contributed by atoms with van der Waals surface area (Å²) in [5.41, 5.74) is 1.55. The van der Waals surface area contributed by atoms with Gasteiger partial charge in [0.05, 0.1) is 23.9 Å². The van der Waals surface area contributed by atoms with Crippen LogP contribution in [0.3, 0.4) is 0 Å². The van der Waals surface area contributed by atoms with Crippen LogP contribution >= 0.6 is 0 Å². The smallest absolute Gasteiger partial charge is 0.290 e. The van der Waals surface area contributed by atoms with Crippen LogP contribution in [0.5, 0.6) is 0 Å². The van der Waals surface area contributed by atoms with Gasteiger partial charge in [-0.1, -0.05) is 36.8 Å². The van der Waals surface area contributed by atoms with Gasteiger partial charge in [0.15, 0.2) is 11.5 Å². The number of hydrogen-bond acceptors (Lipinski definition) is 4. The summed E-state index contributed by atoms with van der Waals surface area (Å²) in [6.07, 6.45) is 9.92. The third-order valence-electron chi connectivity index (χ3n) is 6.35. The number of rotatable bonds is 5. The van der Waals surface area contributed by atoms with Crippen molar-refractivity contribution in [1.29, 1.82) is 0 Å². The molecule has 2 aliphatic heterocycles. The van der Waals surface area contributed by atoms with E-state index >= 15 is 0 Å². The van der Waals surface area contributed by atoms with Crippen LogP contribution in [0.15, 0.2) is 60.4 Å². The normalized spacial score (nSPS) is 26.3. The minimum Gasteiger partial charge on any atom is -0.483 e. The van der Waals surface area contributed by atoms with E-state index < -0.39 is 0 Å². The van der Waals surface area contributed by atoms with Gasteiger partial charge in [0, 0.05) is 25.5 Å². The molecule has 0 radical (unpaired) electrons. The SMILES string of the molecule is O=C1C2=C(OC3CCCCC13)C(=O)N(CCCn1ccnc1)C2c1ccccc1. The van der Waals surface area contributed by atoms with E-state index in [0.29, 0.717) is 17.9 Å². The van der Waals surface area contributed by atoms with Gasteiger partial charge in [-0.3, -0.25) is 9.59 Å². The summed E-state index contributed by atoms with van der Waals surface area (Å²) in [5.74, 6) is 0.175. The van der Waals surface area contributed by atoms with Crippen molar-refractivity contribution in [2.75, 3.05) is 6.54 Å². The van der Waals surface area contributed by atoms with E-state index in [4.69, 9.17) is 4.74 Å². The number of ether oxygens (including phenoxy) is 1. The maximum Gasteiger partial charge on any atom is 0.290 e. The first kappa shape index (κ1) is 18.2. The van der Waals surface area contributed by atoms with Crippen LogP contribution in [0.2, 0.25) is 0 Å². The lowest BCUT2D eigenvalue weighted by atomic mass is 9.77. The third-order valence-corrected chi connectivity index (χ3v) is 6.35. The zero-order valence-electron chi connectivity index (χ0n) is 16.4. The highest BCUT2D eigenvalue weighted by atomic mass is 16.5. The van der Waals surface area contributed by atoms with Crippen molar-refractivity contribution in [2.24, 2.45) is 5.92 Å². The number of hydrogen-bond donors (Lipinski definition) is 0. The highest BCUT2D eigenvalue weighted by Crippen LogP contribution is 2.46. The Hall–Kier alpha value is -2.89. The number of imidazole rings is 1. The predicted molar refractivity (Wildman–Crippen MR) is 107 cm³/mol. The highest BCUT2D eigenvalue weighted by molar-refractivity contribution is 6.11. The molecule has 1 aromatic carbocycles. The molecule has 29 heavy (non-hydrogen) atoms. The molecule has 150 valence electrons. The van der Waals surface area contributed by atoms with E-state index in [1.54, 1.807) is 12.5 Å². The summed E-state index contributed by atoms with van der Waals surface area (Å²) in [7, 11) is 0. The van der Waals surface area contributed by atoms with Crippen LogP contribution in [-0.2, 0) is 20.9 Å². The number of amides is 1. The number of benzene rings is 1. The Kier molecular flexibility index (Phi) is 4.70. The quantitative estimate of drug-likeness (QED) is 0.785. The molecule has 1 fully saturated rings. The molecule has 1 aromatic heterocycles. The number of ketones is 1. The van der Waals surface area contributed by atoms with Gasteiger partial charge in [-0.25, -0.2) is 4.98 Å². The molecule has 0 N–H and O–H groups in total. The van der Waals surface area contributed by atoms with Crippen LogP contribution < -0.4 is 0 Å². The highest BCUT2D eigenvalue weighted by Gasteiger charge is 2.51. The third kappa shape index (κ3) is 3.16. The van der Waals surface area contributed by atoms with Gasteiger partial charge < -0.3 is 14.2 Å². The molecule has 1 aliphatic carbocycles. The number of aryl methyl sites for hydroxylation is 1. The maximum absolute atomic E-state index is 13.4. The van der Waals surface area contributed by atoms with Gasteiger partial charge in [-0.2, -0.15) is 0 Å². The van der Waals surface area contributed by atoms with Gasteiger partial charge in [-0.15, -0.1) is 0 Å². The first-order chi connectivity index (χ1) is 14.2. The van der Waals surface area contributed by atoms with Gasteiger partial charge in [-0.05, 0) is 31.2 Å². The minimum absolute atomic E-state index is 0.104. The summed E-state index contributed by atoms with van der Waals surface area (Å²) in [6.45, 7) is 1.34. The standard InChI is InChI=1S/C23H25N3O3/c27-21-17-9-4-5-10-18(17)29-22-19(21)20(16-7-2-1-3-8-16)26(23(22)28)13-6-12-25-14-11-24-15-25/h1-3,7-8,11,14-15,17-18,20H,4-6,9-10,12-13H2. The van der Waals surface area contributed by atoms with Gasteiger partial charge >= 0.3 is 0 Å². The number of Topliss-reactive ketones (excluding diaryl/α,β-unsaturated/α-hetero) is 1. The second-order valence-electron chi connectivity index (χ2n) is 8.12. The van der Waals surface area contributed by atoms with E-state index in [2.05, 4.69) is 4.98 Å². The molecule has 3 unspecified atom stereocenters. The Labute approximate surface area is 170 Å². The van der Waals surface area contributed by atoms with E-state index in [0.717, 1.165) is 44.2 Å². The van der Waals surface area contributed by atoms with Crippen molar-refractivity contribution in [3.05, 3.63) is 65.9 Å². The number of nitrogens with zero attached hydrogens (tertiary/aromatic N) is 3. The molecule has 2 aromatic rings. The van der Waals surface area contributed by atoms with Gasteiger partial charge in [0.25, 0.3) is 5.91 Å². The molecule has 0 bridgehead atoms. The molecule has 6 nitrogen and oxygen atoms in total. The lowest BCUT2D eigenvalue weighted by molar-refractivity contribution is -0.135. The lowest BCUT2D eigenvalue weighted by Crippen LogP contribution is -2.39. The largest absolute Gasteiger partial charge is 0.483 e. The number of carbonyl (C=O) groups is 2. The van der Waals surface area contributed by atoms with Crippen molar-refractivity contribution >= 4 is 11.7 Å². The van der Waals surface area contributed by atoms with Crippen LogP contribution in [0.25, 0.3) is 0 Å². The Morgan fingerprint density at radius 2 is 1.90 bits per heavy atom. The zero-order chi connectivity index (χ0) is 19.8.